The van der Waals surface area contributed by atoms with Crippen LogP contribution in [0, 0.1) is 0 Å². The number of hydrogen-bond acceptors (Lipinski definition) is 4. The Hall–Kier alpha value is -1.23. The Morgan fingerprint density at radius 2 is 2.19 bits per heavy atom. The molecular formula is C17H23N3S. The van der Waals surface area contributed by atoms with Crippen LogP contribution in [0.15, 0.2) is 41.9 Å². The lowest BCUT2D eigenvalue weighted by Crippen LogP contribution is -2.47. The van der Waals surface area contributed by atoms with Crippen LogP contribution < -0.4 is 5.32 Å². The third-order valence-corrected chi connectivity index (χ3v) is 5.22. The van der Waals surface area contributed by atoms with Crippen LogP contribution in [-0.4, -0.2) is 29.0 Å². The van der Waals surface area contributed by atoms with E-state index >= 15 is 0 Å². The molecule has 0 bridgehead atoms. The van der Waals surface area contributed by atoms with Crippen molar-refractivity contribution in [2.75, 3.05) is 13.1 Å². The van der Waals surface area contributed by atoms with Crippen LogP contribution in [0.5, 0.6) is 0 Å². The molecule has 1 fully saturated rings. The molecule has 21 heavy (non-hydrogen) atoms. The van der Waals surface area contributed by atoms with Gasteiger partial charge in [0, 0.05) is 24.2 Å². The van der Waals surface area contributed by atoms with Crippen LogP contribution in [0.1, 0.15) is 30.8 Å². The normalized spacial score (nSPS) is 27.4. The lowest BCUT2D eigenvalue weighted by atomic mass is 9.91. The fourth-order valence-electron chi connectivity index (χ4n) is 3.07. The Morgan fingerprint density at radius 3 is 2.90 bits per heavy atom. The van der Waals surface area contributed by atoms with Gasteiger partial charge in [0.15, 0.2) is 0 Å². The SMILES string of the molecule is CC1CCNC(C)(c2ccccc2)CN1Cc1nccs1. The van der Waals surface area contributed by atoms with Gasteiger partial charge in [-0.1, -0.05) is 30.3 Å². The Labute approximate surface area is 131 Å². The summed E-state index contributed by atoms with van der Waals surface area (Å²) in [5.74, 6) is 0. The predicted octanol–water partition coefficient (Wildman–Crippen LogP) is 3.24. The minimum Gasteiger partial charge on any atom is -0.306 e. The minimum absolute atomic E-state index is 0.00325. The molecular weight excluding hydrogens is 278 g/mol. The monoisotopic (exact) mass is 301 g/mol. The maximum atomic E-state index is 4.45. The number of aromatic nitrogens is 1. The maximum absolute atomic E-state index is 4.45. The molecule has 1 aliphatic rings. The number of rotatable bonds is 3. The highest BCUT2D eigenvalue weighted by Crippen LogP contribution is 2.27. The average molecular weight is 301 g/mol. The summed E-state index contributed by atoms with van der Waals surface area (Å²) in [4.78, 5) is 7.01. The summed E-state index contributed by atoms with van der Waals surface area (Å²) in [6.45, 7) is 7.66. The van der Waals surface area contributed by atoms with Crippen molar-refractivity contribution < 1.29 is 0 Å². The molecule has 1 aromatic heterocycles. The Balaban J connectivity index is 1.83. The first kappa shape index (κ1) is 14.7. The van der Waals surface area contributed by atoms with Crippen LogP contribution in [0.25, 0.3) is 0 Å². The van der Waals surface area contributed by atoms with E-state index in [1.807, 2.05) is 6.20 Å². The zero-order valence-corrected chi connectivity index (χ0v) is 13.6. The molecule has 0 saturated carbocycles. The van der Waals surface area contributed by atoms with Crippen molar-refractivity contribution in [3.63, 3.8) is 0 Å². The highest BCUT2D eigenvalue weighted by Gasteiger charge is 2.33. The first-order chi connectivity index (χ1) is 10.2. The summed E-state index contributed by atoms with van der Waals surface area (Å²) >= 11 is 1.75. The second-order valence-corrected chi connectivity index (χ2v) is 7.07. The van der Waals surface area contributed by atoms with Crippen LogP contribution in [0.2, 0.25) is 0 Å². The number of nitrogens with one attached hydrogen (secondary N) is 1. The molecule has 2 atom stereocenters. The predicted molar refractivity (Wildman–Crippen MR) is 88.4 cm³/mol. The van der Waals surface area contributed by atoms with Gasteiger partial charge in [0.1, 0.15) is 5.01 Å². The van der Waals surface area contributed by atoms with Crippen LogP contribution >= 0.6 is 11.3 Å². The molecule has 4 heteroatoms. The molecule has 2 aromatic rings. The van der Waals surface area contributed by atoms with E-state index < -0.39 is 0 Å². The third kappa shape index (κ3) is 3.34. The van der Waals surface area contributed by atoms with E-state index in [4.69, 9.17) is 0 Å². The van der Waals surface area contributed by atoms with Crippen molar-refractivity contribution in [1.29, 1.82) is 0 Å². The summed E-state index contributed by atoms with van der Waals surface area (Å²) in [6, 6.07) is 11.4. The van der Waals surface area contributed by atoms with Crippen LogP contribution in [0.3, 0.4) is 0 Å². The summed E-state index contributed by atoms with van der Waals surface area (Å²) in [7, 11) is 0. The second kappa shape index (κ2) is 6.26. The first-order valence-electron chi connectivity index (χ1n) is 7.60. The van der Waals surface area contributed by atoms with Gasteiger partial charge in [-0.25, -0.2) is 4.98 Å². The van der Waals surface area contributed by atoms with Crippen molar-refractivity contribution in [3.8, 4) is 0 Å². The van der Waals surface area contributed by atoms with Crippen molar-refractivity contribution in [2.45, 2.75) is 38.4 Å². The van der Waals surface area contributed by atoms with Gasteiger partial charge < -0.3 is 5.32 Å². The summed E-state index contributed by atoms with van der Waals surface area (Å²) in [5.41, 5.74) is 1.37. The summed E-state index contributed by atoms with van der Waals surface area (Å²) < 4.78 is 0. The molecule has 3 rings (SSSR count). The molecule has 1 aliphatic heterocycles. The van der Waals surface area contributed by atoms with Gasteiger partial charge in [-0.3, -0.25) is 4.90 Å². The molecule has 0 spiro atoms. The van der Waals surface area contributed by atoms with E-state index in [9.17, 15) is 0 Å². The fourth-order valence-corrected chi connectivity index (χ4v) is 3.71. The van der Waals surface area contributed by atoms with Crippen molar-refractivity contribution in [3.05, 3.63) is 52.5 Å². The quantitative estimate of drug-likeness (QED) is 0.943. The first-order valence-corrected chi connectivity index (χ1v) is 8.48. The number of benzene rings is 1. The summed E-state index contributed by atoms with van der Waals surface area (Å²) in [6.07, 6.45) is 3.07. The molecule has 1 N–H and O–H groups in total. The molecule has 3 nitrogen and oxygen atoms in total. The van der Waals surface area contributed by atoms with Gasteiger partial charge in [-0.2, -0.15) is 0 Å². The van der Waals surface area contributed by atoms with Gasteiger partial charge >= 0.3 is 0 Å². The van der Waals surface area contributed by atoms with Gasteiger partial charge in [0.2, 0.25) is 0 Å². The van der Waals surface area contributed by atoms with Crippen molar-refractivity contribution >= 4 is 11.3 Å². The molecule has 2 unspecified atom stereocenters. The minimum atomic E-state index is 0.00325. The fraction of sp³-hybridized carbons (Fsp3) is 0.471. The maximum Gasteiger partial charge on any atom is 0.107 e. The Kier molecular flexibility index (Phi) is 4.38. The smallest absolute Gasteiger partial charge is 0.107 e. The topological polar surface area (TPSA) is 28.2 Å². The Morgan fingerprint density at radius 1 is 1.38 bits per heavy atom. The molecule has 2 heterocycles. The zero-order chi connectivity index (χ0) is 14.7. The number of nitrogens with zero attached hydrogens (tertiary/aromatic N) is 2. The van der Waals surface area contributed by atoms with Crippen LogP contribution in [0.4, 0.5) is 0 Å². The zero-order valence-electron chi connectivity index (χ0n) is 12.7. The molecule has 1 aromatic carbocycles. The largest absolute Gasteiger partial charge is 0.306 e. The summed E-state index contributed by atoms with van der Waals surface area (Å²) in [5, 5.41) is 7.03. The molecule has 0 amide bonds. The van der Waals surface area contributed by atoms with E-state index in [0.29, 0.717) is 6.04 Å². The molecule has 0 radical (unpaired) electrons. The van der Waals surface area contributed by atoms with E-state index in [-0.39, 0.29) is 5.54 Å². The standard InChI is InChI=1S/C17H23N3S/c1-14-8-9-19-17(2,15-6-4-3-5-7-15)13-20(14)12-16-18-10-11-21-16/h3-7,10-11,14,19H,8-9,12-13H2,1-2H3. The second-order valence-electron chi connectivity index (χ2n) is 6.09. The lowest BCUT2D eigenvalue weighted by Gasteiger charge is -2.35. The third-order valence-electron chi connectivity index (χ3n) is 4.45. The van der Waals surface area contributed by atoms with E-state index in [1.54, 1.807) is 11.3 Å². The number of hydrogen-bond donors (Lipinski definition) is 1. The van der Waals surface area contributed by atoms with Gasteiger partial charge in [0.25, 0.3) is 0 Å². The number of thiazole rings is 1. The van der Waals surface area contributed by atoms with Crippen LogP contribution in [-0.2, 0) is 12.1 Å². The average Bonchev–Trinajstić information content (AvgIpc) is 2.95. The van der Waals surface area contributed by atoms with E-state index in [0.717, 1.165) is 19.6 Å². The van der Waals surface area contributed by atoms with Gasteiger partial charge in [0.05, 0.1) is 12.1 Å². The lowest BCUT2D eigenvalue weighted by molar-refractivity contribution is 0.166. The molecule has 0 aliphatic carbocycles. The van der Waals surface area contributed by atoms with Crippen molar-refractivity contribution in [2.24, 2.45) is 0 Å². The van der Waals surface area contributed by atoms with Crippen molar-refractivity contribution in [1.82, 2.24) is 15.2 Å². The molecule has 112 valence electrons. The van der Waals surface area contributed by atoms with E-state index in [2.05, 4.69) is 64.8 Å². The van der Waals surface area contributed by atoms with Gasteiger partial charge in [-0.15, -0.1) is 11.3 Å². The highest BCUT2D eigenvalue weighted by molar-refractivity contribution is 7.09. The highest BCUT2D eigenvalue weighted by atomic mass is 32.1. The van der Waals surface area contributed by atoms with E-state index in [1.165, 1.54) is 17.0 Å². The Bertz CT molecular complexity index is 555. The van der Waals surface area contributed by atoms with Gasteiger partial charge in [-0.05, 0) is 32.4 Å². The molecule has 1 saturated heterocycles.